The van der Waals surface area contributed by atoms with Crippen LogP contribution in [0.15, 0.2) is 0 Å². The summed E-state index contributed by atoms with van der Waals surface area (Å²) >= 11 is 0. The van der Waals surface area contributed by atoms with Crippen LogP contribution in [0.3, 0.4) is 0 Å². The highest BCUT2D eigenvalue weighted by atomic mass is 16.5. The maximum Gasteiger partial charge on any atom is 0.305 e. The largest absolute Gasteiger partial charge is 0.463 e. The van der Waals surface area contributed by atoms with Gasteiger partial charge in [0.2, 0.25) is 0 Å². The Balaban J connectivity index is 0.845. The molecule has 0 bridgehead atoms. The summed E-state index contributed by atoms with van der Waals surface area (Å²) < 4.78 is 10.4. The van der Waals surface area contributed by atoms with Crippen LogP contribution in [-0.4, -0.2) is 94.6 Å². The third kappa shape index (κ3) is 14.4. The summed E-state index contributed by atoms with van der Waals surface area (Å²) in [6.07, 6.45) is 51.1. The van der Waals surface area contributed by atoms with Gasteiger partial charge in [0.15, 0.2) is 0 Å². The van der Waals surface area contributed by atoms with Gasteiger partial charge in [0.25, 0.3) is 0 Å². The SMILES string of the molecule is O=C(CCC1CCC(N(C2CCC(C3CCCCC3)CC2)C2CCC(C3CCC(N(C4CCC(CCC(=O)OCCO)CC4)C4CCC(C5CCCCC5)CC4)CC3)CC2)CC1)OCCO. The Morgan fingerprint density at radius 2 is 0.576 bits per heavy atom. The van der Waals surface area contributed by atoms with E-state index in [1.165, 1.54) is 218 Å². The molecule has 0 radical (unpaired) electrons. The molecule has 0 aromatic rings. The lowest BCUT2D eigenvalue weighted by molar-refractivity contribution is -0.145. The van der Waals surface area contributed by atoms with Crippen molar-refractivity contribution in [1.82, 2.24) is 9.80 Å². The smallest absolute Gasteiger partial charge is 0.305 e. The standard InChI is InChI=1S/C58H100N2O6/c61-39-41-65-57(63)37-15-43-11-25-51(26-12-43)59(53-29-17-47(18-30-53)45-7-3-1-4-8-45)55-33-21-49(22-34-55)50-23-35-56(36-24-50)60(54-31-19-48(20-32-54)46-9-5-2-6-10-46)52-27-13-44(14-28-52)16-38-58(64)66-42-40-62/h43-56,61-62H,1-42H2. The molecule has 66 heavy (non-hydrogen) atoms. The van der Waals surface area contributed by atoms with Crippen LogP contribution in [0, 0.1) is 47.3 Å². The van der Waals surface area contributed by atoms with Gasteiger partial charge in [0.05, 0.1) is 13.2 Å². The van der Waals surface area contributed by atoms with Gasteiger partial charge in [-0.15, -0.1) is 0 Å². The minimum atomic E-state index is -0.135. The predicted molar refractivity (Wildman–Crippen MR) is 266 cm³/mol. The van der Waals surface area contributed by atoms with Crippen LogP contribution < -0.4 is 0 Å². The Hall–Kier alpha value is -1.22. The van der Waals surface area contributed by atoms with E-state index in [0.717, 1.165) is 84.6 Å². The number of carbonyl (C=O) groups is 2. The normalized spacial score (nSPS) is 36.8. The monoisotopic (exact) mass is 921 g/mol. The number of hydrogen-bond acceptors (Lipinski definition) is 8. The molecule has 8 saturated carbocycles. The van der Waals surface area contributed by atoms with Crippen molar-refractivity contribution in [3.8, 4) is 0 Å². The zero-order valence-corrected chi connectivity index (χ0v) is 42.2. The second-order valence-electron chi connectivity index (χ2n) is 24.3. The van der Waals surface area contributed by atoms with E-state index in [1.807, 2.05) is 0 Å². The van der Waals surface area contributed by atoms with Crippen LogP contribution in [-0.2, 0) is 19.1 Å². The topological polar surface area (TPSA) is 99.5 Å². The van der Waals surface area contributed by atoms with Gasteiger partial charge >= 0.3 is 11.9 Å². The average Bonchev–Trinajstić information content (AvgIpc) is 3.38. The molecule has 8 aliphatic carbocycles. The molecular formula is C58H100N2O6. The first-order valence-electron chi connectivity index (χ1n) is 29.5. The maximum absolute atomic E-state index is 12.3. The molecule has 0 spiro atoms. The number of hydrogen-bond donors (Lipinski definition) is 2. The van der Waals surface area contributed by atoms with Crippen LogP contribution in [0.4, 0.5) is 0 Å². The molecule has 8 rings (SSSR count). The summed E-state index contributed by atoms with van der Waals surface area (Å²) in [4.78, 5) is 30.9. The van der Waals surface area contributed by atoms with Crippen molar-refractivity contribution in [2.45, 2.75) is 280 Å². The van der Waals surface area contributed by atoms with E-state index in [1.54, 1.807) is 0 Å². The fourth-order valence-electron chi connectivity index (χ4n) is 17.1. The quantitative estimate of drug-likeness (QED) is 0.124. The molecule has 8 fully saturated rings. The van der Waals surface area contributed by atoms with Crippen molar-refractivity contribution in [3.63, 3.8) is 0 Å². The predicted octanol–water partition coefficient (Wildman–Crippen LogP) is 12.7. The van der Waals surface area contributed by atoms with E-state index in [9.17, 15) is 9.59 Å². The lowest BCUT2D eigenvalue weighted by Gasteiger charge is -2.52. The molecule has 8 heteroatoms. The first-order valence-corrected chi connectivity index (χ1v) is 29.5. The second kappa shape index (κ2) is 26.8. The fraction of sp³-hybridized carbons (Fsp3) is 0.966. The summed E-state index contributed by atoms with van der Waals surface area (Å²) in [5.74, 6) is 6.84. The van der Waals surface area contributed by atoms with E-state index in [2.05, 4.69) is 9.80 Å². The number of aliphatic hydroxyl groups is 2. The summed E-state index contributed by atoms with van der Waals surface area (Å²) in [6, 6.07) is 4.55. The number of ether oxygens (including phenoxy) is 2. The Labute approximate surface area is 403 Å². The Morgan fingerprint density at radius 1 is 0.333 bits per heavy atom. The number of rotatable bonds is 19. The number of carbonyl (C=O) groups excluding carboxylic acids is 2. The zero-order valence-electron chi connectivity index (χ0n) is 42.2. The average molecular weight is 921 g/mol. The van der Waals surface area contributed by atoms with Crippen molar-refractivity contribution >= 4 is 11.9 Å². The van der Waals surface area contributed by atoms with Gasteiger partial charge in [-0.1, -0.05) is 64.2 Å². The summed E-state index contributed by atoms with van der Waals surface area (Å²) in [5, 5.41) is 18.2. The Bertz CT molecular complexity index is 1260. The van der Waals surface area contributed by atoms with E-state index < -0.39 is 0 Å². The highest BCUT2D eigenvalue weighted by Crippen LogP contribution is 2.48. The molecular weight excluding hydrogens is 821 g/mol. The van der Waals surface area contributed by atoms with Crippen molar-refractivity contribution in [2.24, 2.45) is 47.3 Å². The van der Waals surface area contributed by atoms with Gasteiger partial charge in [0, 0.05) is 49.1 Å². The van der Waals surface area contributed by atoms with Gasteiger partial charge in [0.1, 0.15) is 13.2 Å². The van der Waals surface area contributed by atoms with Crippen LogP contribution in [0.2, 0.25) is 0 Å². The highest BCUT2D eigenvalue weighted by Gasteiger charge is 2.43. The number of aliphatic hydroxyl groups excluding tert-OH is 2. The van der Waals surface area contributed by atoms with Gasteiger partial charge in [-0.2, -0.15) is 0 Å². The van der Waals surface area contributed by atoms with Crippen LogP contribution in [0.5, 0.6) is 0 Å². The van der Waals surface area contributed by atoms with Crippen molar-refractivity contribution in [1.29, 1.82) is 0 Å². The van der Waals surface area contributed by atoms with Crippen molar-refractivity contribution in [2.75, 3.05) is 26.4 Å². The highest BCUT2D eigenvalue weighted by molar-refractivity contribution is 5.69. The molecule has 2 N–H and O–H groups in total. The fourth-order valence-corrected chi connectivity index (χ4v) is 17.1. The first kappa shape index (κ1) is 51.1. The van der Waals surface area contributed by atoms with Gasteiger partial charge in [-0.25, -0.2) is 0 Å². The molecule has 0 unspecified atom stereocenters. The van der Waals surface area contributed by atoms with Crippen molar-refractivity contribution < 1.29 is 29.3 Å². The molecule has 0 saturated heterocycles. The third-order valence-electron chi connectivity index (χ3n) is 20.6. The zero-order chi connectivity index (χ0) is 45.5. The molecule has 0 aliphatic heterocycles. The van der Waals surface area contributed by atoms with Gasteiger partial charge < -0.3 is 19.7 Å². The van der Waals surface area contributed by atoms with Crippen LogP contribution in [0.1, 0.15) is 244 Å². The molecule has 8 aliphatic rings. The third-order valence-corrected chi connectivity index (χ3v) is 20.6. The molecule has 8 nitrogen and oxygen atoms in total. The van der Waals surface area contributed by atoms with Crippen LogP contribution >= 0.6 is 0 Å². The lowest BCUT2D eigenvalue weighted by Crippen LogP contribution is -2.54. The van der Waals surface area contributed by atoms with E-state index >= 15 is 0 Å². The molecule has 0 aromatic heterocycles. The molecule has 0 amide bonds. The minimum absolute atomic E-state index is 0.0853. The number of esters is 2. The van der Waals surface area contributed by atoms with Crippen LogP contribution in [0.25, 0.3) is 0 Å². The van der Waals surface area contributed by atoms with Gasteiger partial charge in [-0.05, 0) is 214 Å². The van der Waals surface area contributed by atoms with E-state index in [4.69, 9.17) is 19.7 Å². The molecule has 0 heterocycles. The minimum Gasteiger partial charge on any atom is -0.463 e. The van der Waals surface area contributed by atoms with Gasteiger partial charge in [-0.3, -0.25) is 19.4 Å². The summed E-state index contributed by atoms with van der Waals surface area (Å²) in [5.41, 5.74) is 0. The Morgan fingerprint density at radius 3 is 0.833 bits per heavy atom. The number of nitrogens with zero attached hydrogens (tertiary/aromatic N) is 2. The maximum atomic E-state index is 12.3. The van der Waals surface area contributed by atoms with E-state index in [0.29, 0.717) is 24.7 Å². The Kier molecular flexibility index (Phi) is 20.8. The lowest BCUT2D eigenvalue weighted by atomic mass is 9.69. The summed E-state index contributed by atoms with van der Waals surface area (Å²) in [7, 11) is 0. The second-order valence-corrected chi connectivity index (χ2v) is 24.3. The molecule has 0 atom stereocenters. The summed E-state index contributed by atoms with van der Waals surface area (Å²) in [6.45, 7) is 0.0909. The molecule has 378 valence electrons. The van der Waals surface area contributed by atoms with E-state index in [-0.39, 0.29) is 38.4 Å². The molecule has 0 aromatic carbocycles. The van der Waals surface area contributed by atoms with Crippen molar-refractivity contribution in [3.05, 3.63) is 0 Å². The first-order chi connectivity index (χ1) is 32.4.